The van der Waals surface area contributed by atoms with Crippen molar-refractivity contribution in [1.82, 2.24) is 5.32 Å². The Bertz CT molecular complexity index is 779. The molecular formula is C23H37CsF3FmN3O7. The first-order chi connectivity index (χ1) is 16.2. The van der Waals surface area contributed by atoms with Gasteiger partial charge in [0.15, 0.2) is 0 Å². The molecular weight excluding hydrogens is 877 g/mol. The average Bonchev–Trinajstić information content (AvgIpc) is 2.75. The van der Waals surface area contributed by atoms with Crippen molar-refractivity contribution in [1.29, 1.82) is 0 Å². The number of methoxy groups -OCH3 is 1. The number of ether oxygens (including phenoxy) is 2. The summed E-state index contributed by atoms with van der Waals surface area (Å²) >= 11 is 0. The number of carboxylic acid groups (broad SMARTS) is 1. The molecule has 0 saturated carbocycles. The van der Waals surface area contributed by atoms with Crippen molar-refractivity contribution in [3.63, 3.8) is 0 Å². The van der Waals surface area contributed by atoms with Crippen LogP contribution >= 0.6 is 0 Å². The number of nitrogens with two attached hydrogens (primary N) is 1. The molecule has 0 radical (unpaired) electrons. The van der Waals surface area contributed by atoms with E-state index in [-0.39, 0.29) is 88.6 Å². The Morgan fingerprint density at radius 3 is 1.97 bits per heavy atom. The van der Waals surface area contributed by atoms with E-state index in [1.807, 2.05) is 24.3 Å². The van der Waals surface area contributed by atoms with Gasteiger partial charge in [0.05, 0.1) is 41.3 Å². The molecule has 0 aromatic heterocycles. The third-order valence-electron chi connectivity index (χ3n) is 3.89. The summed E-state index contributed by atoms with van der Waals surface area (Å²) in [6.07, 6.45) is -1.81. The number of benzene rings is 1. The number of amides is 2. The van der Waals surface area contributed by atoms with E-state index in [0.717, 1.165) is 29.4 Å². The van der Waals surface area contributed by atoms with E-state index < -0.39 is 18.1 Å². The Morgan fingerprint density at radius 2 is 1.61 bits per heavy atom. The number of esters is 1. The van der Waals surface area contributed by atoms with E-state index in [1.165, 1.54) is 0 Å². The Hall–Kier alpha value is -2.30. The van der Waals surface area contributed by atoms with Crippen LogP contribution in [0.2, 0.25) is 0 Å². The number of carbonyl (C=O) groups is 3. The smallest absolute Gasteiger partial charge is 0.543 e. The van der Waals surface area contributed by atoms with E-state index in [9.17, 15) is 27.6 Å². The third kappa shape index (κ3) is 29.9. The van der Waals surface area contributed by atoms with Crippen LogP contribution < -0.4 is 84.7 Å². The van der Waals surface area contributed by atoms with E-state index in [1.54, 1.807) is 0 Å². The molecule has 10 nitrogen and oxygen atoms in total. The van der Waals surface area contributed by atoms with E-state index in [2.05, 4.69) is 36.9 Å². The van der Waals surface area contributed by atoms with Crippen molar-refractivity contribution in [2.45, 2.75) is 31.9 Å². The van der Waals surface area contributed by atoms with Crippen LogP contribution in [0.4, 0.5) is 13.2 Å². The Labute approximate surface area is 275 Å². The van der Waals surface area contributed by atoms with Crippen molar-refractivity contribution >= 4 is 24.3 Å². The number of primary amides is 1. The first-order valence-electron chi connectivity index (χ1n) is 10.4. The van der Waals surface area contributed by atoms with Crippen LogP contribution in [0.3, 0.4) is 0 Å². The van der Waals surface area contributed by atoms with Crippen LogP contribution in [0.25, 0.3) is 0 Å². The monoisotopic (exact) mass is 914 g/mol. The zero-order valence-corrected chi connectivity index (χ0v) is 31.3. The van der Waals surface area contributed by atoms with Crippen molar-refractivity contribution in [2.75, 3.05) is 47.9 Å². The molecule has 0 spiro atoms. The second-order valence-corrected chi connectivity index (χ2v) is 7.96. The Morgan fingerprint density at radius 1 is 1.11 bits per heavy atom. The molecule has 0 aliphatic rings. The summed E-state index contributed by atoms with van der Waals surface area (Å²) in [6, 6.07) is 7.36. The first-order valence-corrected chi connectivity index (χ1v) is 10.4. The molecule has 0 atom stereocenters. The van der Waals surface area contributed by atoms with Gasteiger partial charge in [-0.05, 0) is 24.1 Å². The van der Waals surface area contributed by atoms with Gasteiger partial charge >= 0.3 is 87.0 Å². The number of rotatable bonds is 11. The van der Waals surface area contributed by atoms with Crippen LogP contribution in [0.1, 0.15) is 24.8 Å². The normalized spacial score (nSPS) is 9.66. The molecule has 15 heteroatoms. The van der Waals surface area contributed by atoms with Crippen molar-refractivity contribution in [3.8, 4) is 5.75 Å². The molecule has 0 fully saturated rings. The fraction of sp³-hybridized carbons (Fsp3) is 0.522. The molecule has 0 heterocycles. The second kappa shape index (κ2) is 25.0. The van der Waals surface area contributed by atoms with Crippen molar-refractivity contribution < 1.29 is 120 Å². The maximum atomic E-state index is 11.7. The fourth-order valence-corrected chi connectivity index (χ4v) is 2.28. The molecule has 4 N–H and O–H groups in total. The summed E-state index contributed by atoms with van der Waals surface area (Å²) in [6.45, 7) is 1.86. The number of quaternary nitrogens is 1. The molecule has 1 aromatic rings. The number of nitrogens with zero attached hydrogens (tertiary/aromatic N) is 1. The zero-order chi connectivity index (χ0) is 27.5. The standard InChI is InChI=1S/C18H28N2O4.C3H3F3O2.CH2NO.CH3.Cs.Fm/c1-20(2,3)13-4-5-17(21)19-12-14-24-16-9-6-15(7-10-16)8-11-18(22)23;1-8-2(7)3(4,5)6;2-1-3;;;/h6-7,9-10H,4-5,8,11-14H2,1-3H3,(H-,19,21,22,23);1H3;(H2,2,3);1H3;;/q;;2*-1;+1;/p+1. The van der Waals surface area contributed by atoms with Crippen LogP contribution in [-0.2, 0) is 30.3 Å². The Balaban J connectivity index is -0.000000221. The maximum Gasteiger partial charge on any atom is 1.00 e. The van der Waals surface area contributed by atoms with Gasteiger partial charge in [0.25, 0.3) is 0 Å². The quantitative estimate of drug-likeness (QED) is 0.0840. The van der Waals surface area contributed by atoms with Gasteiger partial charge in [-0.25, -0.2) is 4.79 Å². The number of aliphatic carboxylic acids is 1. The third-order valence-corrected chi connectivity index (χ3v) is 3.89. The number of aryl methyl sites for hydroxylation is 1. The fourth-order valence-electron chi connectivity index (χ4n) is 2.28. The van der Waals surface area contributed by atoms with Crippen molar-refractivity contribution in [2.24, 2.45) is 5.73 Å². The molecule has 0 bridgehead atoms. The molecule has 0 unspecified atom stereocenters. The van der Waals surface area contributed by atoms with E-state index in [0.29, 0.717) is 38.9 Å². The van der Waals surface area contributed by atoms with Crippen LogP contribution in [0, 0.1) is 7.43 Å². The van der Waals surface area contributed by atoms with Gasteiger partial charge in [-0.1, -0.05) is 12.1 Å². The number of nitrogens with one attached hydrogen (secondary N) is 1. The van der Waals surface area contributed by atoms with Crippen LogP contribution in [0.15, 0.2) is 24.3 Å². The number of hydrogen-bond donors (Lipinski definition) is 3. The minimum absolute atomic E-state index is 0. The first kappa shape index (κ1) is 45.6. The number of halogens is 3. The number of hydrogen-bond acceptors (Lipinski definition) is 6. The largest absolute Gasteiger partial charge is 1.00 e. The van der Waals surface area contributed by atoms with Crippen LogP contribution in [0.5, 0.6) is 5.75 Å². The average molecular weight is 914 g/mol. The molecule has 38 heavy (non-hydrogen) atoms. The SMILES string of the molecule is COC(=O)C(F)(F)F.C[N+](C)(C)CCCC(=O)NCCOc1ccc(CCC(=O)O)cc1.N[C-]=O.[CH3-].[Cs+].[Fm]. The summed E-state index contributed by atoms with van der Waals surface area (Å²) in [4.78, 5) is 40.2. The van der Waals surface area contributed by atoms with E-state index >= 15 is 0 Å². The van der Waals surface area contributed by atoms with Gasteiger partial charge in [0.1, 0.15) is 12.4 Å². The second-order valence-electron chi connectivity index (χ2n) is 7.96. The molecule has 1 rings (SSSR count). The molecule has 0 aliphatic heterocycles. The zero-order valence-electron chi connectivity index (χ0n) is 22.6. The summed E-state index contributed by atoms with van der Waals surface area (Å²) in [5, 5.41) is 11.5. The summed E-state index contributed by atoms with van der Waals surface area (Å²) in [5.74, 6) is -2.20. The van der Waals surface area contributed by atoms with Crippen LogP contribution in [-0.4, -0.2) is 88.0 Å². The van der Waals surface area contributed by atoms with Gasteiger partial charge in [0.2, 0.25) is 5.91 Å². The van der Waals surface area contributed by atoms with Gasteiger partial charge in [-0.15, -0.1) is 0 Å². The number of carbonyl (C=O) groups excluding carboxylic acids is 3. The van der Waals surface area contributed by atoms with Gasteiger partial charge in [-0.2, -0.15) is 19.6 Å². The summed E-state index contributed by atoms with van der Waals surface area (Å²) < 4.78 is 42.7. The molecule has 0 aliphatic carbocycles. The molecule has 1 aromatic carbocycles. The minimum atomic E-state index is -4.85. The molecule has 2 amide bonds. The Kier molecular flexibility index (Phi) is 30.0. The predicted molar refractivity (Wildman–Crippen MR) is 127 cm³/mol. The molecule has 220 valence electrons. The number of alkyl halides is 3. The topological polar surface area (TPSA) is 145 Å². The predicted octanol–water partition coefficient (Wildman–Crippen LogP) is -1.13. The van der Waals surface area contributed by atoms with E-state index in [4.69, 9.17) is 14.6 Å². The minimum Gasteiger partial charge on any atom is -0.543 e. The van der Waals surface area contributed by atoms with Gasteiger partial charge < -0.3 is 42.3 Å². The van der Waals surface area contributed by atoms with Gasteiger partial charge in [0, 0.05) is 19.3 Å². The number of carboxylic acids is 1. The van der Waals surface area contributed by atoms with Gasteiger partial charge in [-0.3, -0.25) is 9.59 Å². The summed E-state index contributed by atoms with van der Waals surface area (Å²) in [7, 11) is 7.01. The van der Waals surface area contributed by atoms with Crippen molar-refractivity contribution in [3.05, 3.63) is 37.3 Å². The summed E-state index contributed by atoms with van der Waals surface area (Å²) in [5.41, 5.74) is 5.01. The maximum absolute atomic E-state index is 11.7. The molecule has 0 saturated heterocycles.